The largest absolute Gasteiger partial charge is 0.365 e. The number of hydrogen-bond acceptors (Lipinski definition) is 3. The van der Waals surface area contributed by atoms with Crippen molar-refractivity contribution in [1.82, 2.24) is 0 Å². The van der Waals surface area contributed by atoms with Crippen molar-refractivity contribution >= 4 is 5.97 Å². The van der Waals surface area contributed by atoms with Gasteiger partial charge in [-0.2, -0.15) is 4.89 Å². The van der Waals surface area contributed by atoms with E-state index in [1.54, 1.807) is 0 Å². The standard InChI is InChI=1S/C14H18O3/c1-2-13(15)16-17-14(11-7-3-4-8-11)12-9-5-6-10-12/h2,7,9,14H,1,3-6,8,10H2. The Balaban J connectivity index is 2.01. The van der Waals surface area contributed by atoms with Gasteiger partial charge in [0.15, 0.2) is 0 Å². The SMILES string of the molecule is C=CC(=O)OOC(C1=CCCC1)C1=CCCC1. The lowest BCUT2D eigenvalue weighted by Gasteiger charge is -2.18. The van der Waals surface area contributed by atoms with Gasteiger partial charge in [0.25, 0.3) is 0 Å². The molecule has 0 aliphatic heterocycles. The molecule has 0 aromatic carbocycles. The highest BCUT2D eigenvalue weighted by Gasteiger charge is 2.25. The number of rotatable bonds is 5. The predicted molar refractivity (Wildman–Crippen MR) is 65.0 cm³/mol. The summed E-state index contributed by atoms with van der Waals surface area (Å²) in [4.78, 5) is 21.1. The van der Waals surface area contributed by atoms with E-state index >= 15 is 0 Å². The maximum atomic E-state index is 11.0. The van der Waals surface area contributed by atoms with Crippen LogP contribution in [0.5, 0.6) is 0 Å². The Hall–Kier alpha value is -1.35. The molecule has 2 rings (SSSR count). The van der Waals surface area contributed by atoms with Gasteiger partial charge >= 0.3 is 5.97 Å². The van der Waals surface area contributed by atoms with Crippen molar-refractivity contribution in [3.05, 3.63) is 36.0 Å². The van der Waals surface area contributed by atoms with Crippen LogP contribution in [0.25, 0.3) is 0 Å². The first-order valence-corrected chi connectivity index (χ1v) is 6.19. The van der Waals surface area contributed by atoms with E-state index in [1.165, 1.54) is 11.1 Å². The maximum absolute atomic E-state index is 11.0. The Bertz CT molecular complexity index is 342. The summed E-state index contributed by atoms with van der Waals surface area (Å²) in [5.41, 5.74) is 2.49. The van der Waals surface area contributed by atoms with E-state index in [0.717, 1.165) is 44.6 Å². The monoisotopic (exact) mass is 234 g/mol. The Kier molecular flexibility index (Phi) is 4.15. The highest BCUT2D eigenvalue weighted by atomic mass is 17.2. The molecule has 0 amide bonds. The molecule has 3 nitrogen and oxygen atoms in total. The zero-order chi connectivity index (χ0) is 12.1. The van der Waals surface area contributed by atoms with E-state index in [0.29, 0.717) is 0 Å². The minimum atomic E-state index is -0.535. The van der Waals surface area contributed by atoms with Crippen LogP contribution in [0.1, 0.15) is 38.5 Å². The molecule has 3 heteroatoms. The van der Waals surface area contributed by atoms with E-state index in [4.69, 9.17) is 9.78 Å². The van der Waals surface area contributed by atoms with Gasteiger partial charge in [0.05, 0.1) is 0 Å². The van der Waals surface area contributed by atoms with Gasteiger partial charge in [-0.3, -0.25) is 4.89 Å². The summed E-state index contributed by atoms with van der Waals surface area (Å²) in [5.74, 6) is -0.535. The third-order valence-electron chi connectivity index (χ3n) is 3.22. The number of carbonyl (C=O) groups is 1. The second-order valence-corrected chi connectivity index (χ2v) is 4.43. The third kappa shape index (κ3) is 3.07. The fraction of sp³-hybridized carbons (Fsp3) is 0.500. The molecule has 0 spiro atoms. The Morgan fingerprint density at radius 2 is 1.82 bits per heavy atom. The summed E-state index contributed by atoms with van der Waals surface area (Å²) >= 11 is 0. The van der Waals surface area contributed by atoms with Crippen molar-refractivity contribution in [1.29, 1.82) is 0 Å². The average Bonchev–Trinajstić information content (AvgIpc) is 3.01. The first-order chi connectivity index (χ1) is 8.31. The zero-order valence-electron chi connectivity index (χ0n) is 9.98. The molecule has 0 N–H and O–H groups in total. The van der Waals surface area contributed by atoms with Crippen LogP contribution in [0.2, 0.25) is 0 Å². The molecule has 0 aromatic heterocycles. The molecule has 0 saturated carbocycles. The summed E-state index contributed by atoms with van der Waals surface area (Å²) in [5, 5.41) is 0. The third-order valence-corrected chi connectivity index (χ3v) is 3.22. The zero-order valence-corrected chi connectivity index (χ0v) is 9.98. The van der Waals surface area contributed by atoms with Crippen LogP contribution in [0.3, 0.4) is 0 Å². The predicted octanol–water partition coefficient (Wildman–Crippen LogP) is 3.24. The topological polar surface area (TPSA) is 35.5 Å². The van der Waals surface area contributed by atoms with E-state index in [2.05, 4.69) is 18.7 Å². The summed E-state index contributed by atoms with van der Waals surface area (Å²) in [7, 11) is 0. The molecular formula is C14H18O3. The molecule has 0 bridgehead atoms. The molecule has 0 radical (unpaired) electrons. The molecule has 0 fully saturated rings. The molecule has 17 heavy (non-hydrogen) atoms. The van der Waals surface area contributed by atoms with Crippen molar-refractivity contribution in [2.75, 3.05) is 0 Å². The van der Waals surface area contributed by atoms with Crippen LogP contribution < -0.4 is 0 Å². The lowest BCUT2D eigenvalue weighted by molar-refractivity contribution is -0.279. The van der Waals surface area contributed by atoms with Crippen molar-refractivity contribution < 1.29 is 14.6 Å². The maximum Gasteiger partial charge on any atom is 0.365 e. The Labute approximate surface area is 102 Å². The summed E-state index contributed by atoms with van der Waals surface area (Å²) < 4.78 is 0. The summed E-state index contributed by atoms with van der Waals surface area (Å²) in [6, 6.07) is 0. The number of hydrogen-bond donors (Lipinski definition) is 0. The smallest absolute Gasteiger partial charge is 0.293 e. The quantitative estimate of drug-likeness (QED) is 0.317. The van der Waals surface area contributed by atoms with Gasteiger partial charge in [-0.25, -0.2) is 4.79 Å². The lowest BCUT2D eigenvalue weighted by atomic mass is 10.0. The van der Waals surface area contributed by atoms with Gasteiger partial charge in [-0.15, -0.1) is 0 Å². The van der Waals surface area contributed by atoms with E-state index < -0.39 is 5.97 Å². The van der Waals surface area contributed by atoms with E-state index in [9.17, 15) is 4.79 Å². The van der Waals surface area contributed by atoms with Crippen LogP contribution in [-0.2, 0) is 14.6 Å². The second kappa shape index (κ2) is 5.82. The van der Waals surface area contributed by atoms with Crippen LogP contribution in [0, 0.1) is 0 Å². The van der Waals surface area contributed by atoms with Crippen LogP contribution in [0.15, 0.2) is 36.0 Å². The fourth-order valence-electron chi connectivity index (χ4n) is 2.36. The molecule has 0 heterocycles. The average molecular weight is 234 g/mol. The molecule has 0 saturated heterocycles. The van der Waals surface area contributed by atoms with Gasteiger partial charge < -0.3 is 0 Å². The lowest BCUT2D eigenvalue weighted by Crippen LogP contribution is -2.19. The van der Waals surface area contributed by atoms with Gasteiger partial charge in [-0.05, 0) is 49.7 Å². The van der Waals surface area contributed by atoms with Crippen molar-refractivity contribution in [2.24, 2.45) is 0 Å². The minimum Gasteiger partial charge on any atom is -0.293 e. The second-order valence-electron chi connectivity index (χ2n) is 4.43. The number of carbonyl (C=O) groups excluding carboxylic acids is 1. The van der Waals surface area contributed by atoms with Crippen molar-refractivity contribution in [2.45, 2.75) is 44.6 Å². The first-order valence-electron chi connectivity index (χ1n) is 6.19. The van der Waals surface area contributed by atoms with Gasteiger partial charge in [0.2, 0.25) is 0 Å². The molecular weight excluding hydrogens is 216 g/mol. The Morgan fingerprint density at radius 1 is 1.24 bits per heavy atom. The molecule has 2 aliphatic carbocycles. The van der Waals surface area contributed by atoms with E-state index in [-0.39, 0.29) is 6.10 Å². The minimum absolute atomic E-state index is 0.163. The van der Waals surface area contributed by atoms with Crippen molar-refractivity contribution in [3.8, 4) is 0 Å². The van der Waals surface area contributed by atoms with Crippen LogP contribution in [-0.4, -0.2) is 12.1 Å². The molecule has 0 aromatic rings. The Morgan fingerprint density at radius 3 is 2.24 bits per heavy atom. The van der Waals surface area contributed by atoms with Crippen molar-refractivity contribution in [3.63, 3.8) is 0 Å². The molecule has 0 unspecified atom stereocenters. The van der Waals surface area contributed by atoms with E-state index in [1.807, 2.05) is 0 Å². The fourth-order valence-corrected chi connectivity index (χ4v) is 2.36. The summed E-state index contributed by atoms with van der Waals surface area (Å²) in [6.45, 7) is 3.35. The highest BCUT2D eigenvalue weighted by molar-refractivity contribution is 5.80. The van der Waals surface area contributed by atoms with Crippen LogP contribution >= 0.6 is 0 Å². The first kappa shape index (κ1) is 12.1. The number of allylic oxidation sites excluding steroid dienone is 2. The molecule has 92 valence electrons. The van der Waals surface area contributed by atoms with Gasteiger partial charge in [0.1, 0.15) is 6.10 Å². The highest BCUT2D eigenvalue weighted by Crippen LogP contribution is 2.32. The molecule has 2 aliphatic rings. The van der Waals surface area contributed by atoms with Crippen LogP contribution in [0.4, 0.5) is 0 Å². The summed E-state index contributed by atoms with van der Waals surface area (Å²) in [6.07, 6.45) is 11.9. The normalized spacial score (nSPS) is 19.1. The molecule has 0 atom stereocenters. The van der Waals surface area contributed by atoms with Gasteiger partial charge in [-0.1, -0.05) is 18.7 Å². The van der Waals surface area contributed by atoms with Gasteiger partial charge in [0, 0.05) is 6.08 Å².